The smallest absolute Gasteiger partial charge is 0.264 e. The van der Waals surface area contributed by atoms with Crippen LogP contribution in [0.1, 0.15) is 12.5 Å². The summed E-state index contributed by atoms with van der Waals surface area (Å²) in [4.78, 5) is 13.0. The number of nitrogens with zero attached hydrogens (tertiary/aromatic N) is 1. The van der Waals surface area contributed by atoms with Crippen molar-refractivity contribution in [1.82, 2.24) is 5.32 Å². The molecule has 0 aliphatic heterocycles. The van der Waals surface area contributed by atoms with Crippen LogP contribution in [0.15, 0.2) is 83.8 Å². The second kappa shape index (κ2) is 10.9. The number of ether oxygens (including phenoxy) is 2. The van der Waals surface area contributed by atoms with Gasteiger partial charge in [-0.3, -0.25) is 9.10 Å². The van der Waals surface area contributed by atoms with Crippen LogP contribution in [-0.2, 0) is 14.8 Å². The fourth-order valence-corrected chi connectivity index (χ4v) is 4.75. The third kappa shape index (κ3) is 6.26. The van der Waals surface area contributed by atoms with Crippen molar-refractivity contribution in [2.24, 2.45) is 0 Å². The summed E-state index contributed by atoms with van der Waals surface area (Å²) in [6.45, 7) is 3.49. The van der Waals surface area contributed by atoms with Crippen molar-refractivity contribution in [1.29, 1.82) is 0 Å². The van der Waals surface area contributed by atoms with E-state index >= 15 is 0 Å². The molecule has 3 aromatic rings. The highest BCUT2D eigenvalue weighted by Gasteiger charge is 2.28. The summed E-state index contributed by atoms with van der Waals surface area (Å²) in [5.41, 5.74) is 1.21. The molecular formula is C25H28N2O5S. The zero-order valence-corrected chi connectivity index (χ0v) is 19.7. The van der Waals surface area contributed by atoms with Gasteiger partial charge >= 0.3 is 0 Å². The number of carbonyl (C=O) groups is 1. The molecule has 1 unspecified atom stereocenters. The predicted molar refractivity (Wildman–Crippen MR) is 128 cm³/mol. The molecule has 1 amide bonds. The number of anilines is 1. The molecule has 3 rings (SSSR count). The van der Waals surface area contributed by atoms with Crippen LogP contribution in [-0.4, -0.2) is 40.6 Å². The SMILES string of the molecule is COc1ccc(OCC(C)NC(=O)CN(c2ccccc2C)S(=O)(=O)c2ccccc2)cc1. The molecule has 0 aliphatic carbocycles. The molecule has 0 aromatic heterocycles. The van der Waals surface area contributed by atoms with Gasteiger partial charge in [-0.05, 0) is 61.9 Å². The first kappa shape index (κ1) is 24.1. The number of sulfonamides is 1. The first-order chi connectivity index (χ1) is 15.8. The quantitative estimate of drug-likeness (QED) is 0.490. The molecule has 0 saturated heterocycles. The number of aryl methyl sites for hydroxylation is 1. The number of benzene rings is 3. The Balaban J connectivity index is 1.71. The minimum absolute atomic E-state index is 0.122. The largest absolute Gasteiger partial charge is 0.497 e. The van der Waals surface area contributed by atoms with Crippen molar-refractivity contribution in [3.8, 4) is 11.5 Å². The third-order valence-electron chi connectivity index (χ3n) is 4.97. The number of carbonyl (C=O) groups excluding carboxylic acids is 1. The van der Waals surface area contributed by atoms with Crippen LogP contribution < -0.4 is 19.1 Å². The maximum absolute atomic E-state index is 13.4. The summed E-state index contributed by atoms with van der Waals surface area (Å²) in [5, 5.41) is 2.82. The Labute approximate surface area is 195 Å². The summed E-state index contributed by atoms with van der Waals surface area (Å²) in [6.07, 6.45) is 0. The number of amides is 1. The highest BCUT2D eigenvalue weighted by Crippen LogP contribution is 2.26. The average molecular weight is 469 g/mol. The van der Waals surface area contributed by atoms with Crippen LogP contribution in [0.2, 0.25) is 0 Å². The molecule has 8 heteroatoms. The maximum atomic E-state index is 13.4. The van der Waals surface area contributed by atoms with E-state index in [0.29, 0.717) is 11.4 Å². The fraction of sp³-hybridized carbons (Fsp3) is 0.240. The van der Waals surface area contributed by atoms with Gasteiger partial charge in [0.15, 0.2) is 0 Å². The molecule has 0 radical (unpaired) electrons. The van der Waals surface area contributed by atoms with E-state index in [0.717, 1.165) is 15.6 Å². The summed E-state index contributed by atoms with van der Waals surface area (Å²) in [7, 11) is -2.35. The zero-order chi connectivity index (χ0) is 23.8. The first-order valence-electron chi connectivity index (χ1n) is 10.5. The van der Waals surface area contributed by atoms with Gasteiger partial charge in [0.2, 0.25) is 5.91 Å². The summed E-state index contributed by atoms with van der Waals surface area (Å²) < 4.78 is 38.7. The molecule has 3 aromatic carbocycles. The topological polar surface area (TPSA) is 84.9 Å². The van der Waals surface area contributed by atoms with Gasteiger partial charge in [-0.25, -0.2) is 8.42 Å². The number of rotatable bonds is 10. The van der Waals surface area contributed by atoms with Crippen molar-refractivity contribution in [2.45, 2.75) is 24.8 Å². The standard InChI is InChI=1S/C25H28N2O5S/c1-19-9-7-8-12-24(19)27(33(29,30)23-10-5-4-6-11-23)17-25(28)26-20(2)18-32-22-15-13-21(31-3)14-16-22/h4-16,20H,17-18H2,1-3H3,(H,26,28). The lowest BCUT2D eigenvalue weighted by Gasteiger charge is -2.26. The Hall–Kier alpha value is -3.52. The highest BCUT2D eigenvalue weighted by molar-refractivity contribution is 7.92. The number of para-hydroxylation sites is 1. The molecule has 0 fully saturated rings. The normalized spacial score (nSPS) is 12.0. The minimum Gasteiger partial charge on any atom is -0.497 e. The monoisotopic (exact) mass is 468 g/mol. The summed E-state index contributed by atoms with van der Waals surface area (Å²) >= 11 is 0. The minimum atomic E-state index is -3.94. The molecule has 0 heterocycles. The van der Waals surface area contributed by atoms with Crippen molar-refractivity contribution in [2.75, 3.05) is 24.6 Å². The first-order valence-corrected chi connectivity index (χ1v) is 11.9. The molecular weight excluding hydrogens is 440 g/mol. The maximum Gasteiger partial charge on any atom is 0.264 e. The Kier molecular flexibility index (Phi) is 7.95. The van der Waals surface area contributed by atoms with E-state index in [9.17, 15) is 13.2 Å². The van der Waals surface area contributed by atoms with Crippen LogP contribution in [0.4, 0.5) is 5.69 Å². The van der Waals surface area contributed by atoms with Crippen LogP contribution in [0.25, 0.3) is 0 Å². The fourth-order valence-electron chi connectivity index (χ4n) is 3.25. The van der Waals surface area contributed by atoms with Gasteiger partial charge in [0.1, 0.15) is 24.7 Å². The lowest BCUT2D eigenvalue weighted by molar-refractivity contribution is -0.120. The van der Waals surface area contributed by atoms with Gasteiger partial charge in [0.25, 0.3) is 10.0 Å². The van der Waals surface area contributed by atoms with Gasteiger partial charge in [0.05, 0.1) is 23.7 Å². The van der Waals surface area contributed by atoms with E-state index in [-0.39, 0.29) is 24.1 Å². The van der Waals surface area contributed by atoms with Crippen molar-refractivity contribution in [3.63, 3.8) is 0 Å². The molecule has 0 saturated carbocycles. The second-order valence-corrected chi connectivity index (χ2v) is 9.43. The van der Waals surface area contributed by atoms with Crippen LogP contribution >= 0.6 is 0 Å². The summed E-state index contributed by atoms with van der Waals surface area (Å²) in [5.74, 6) is 0.938. The molecule has 7 nitrogen and oxygen atoms in total. The predicted octanol–water partition coefficient (Wildman–Crippen LogP) is 3.78. The van der Waals surface area contributed by atoms with Crippen LogP contribution in [0.5, 0.6) is 11.5 Å². The Morgan fingerprint density at radius 2 is 1.55 bits per heavy atom. The molecule has 33 heavy (non-hydrogen) atoms. The summed E-state index contributed by atoms with van der Waals surface area (Å²) in [6, 6.07) is 22.0. The van der Waals surface area contributed by atoms with Gasteiger partial charge < -0.3 is 14.8 Å². The van der Waals surface area contributed by atoms with Crippen molar-refractivity contribution in [3.05, 3.63) is 84.4 Å². The van der Waals surface area contributed by atoms with Crippen molar-refractivity contribution >= 4 is 21.6 Å². The van der Waals surface area contributed by atoms with E-state index in [1.54, 1.807) is 68.6 Å². The van der Waals surface area contributed by atoms with Gasteiger partial charge in [-0.15, -0.1) is 0 Å². The molecule has 0 aliphatic rings. The van der Waals surface area contributed by atoms with E-state index in [4.69, 9.17) is 9.47 Å². The van der Waals surface area contributed by atoms with E-state index in [1.807, 2.05) is 19.1 Å². The molecule has 174 valence electrons. The number of methoxy groups -OCH3 is 1. The Morgan fingerprint density at radius 1 is 0.939 bits per heavy atom. The number of hydrogen-bond donors (Lipinski definition) is 1. The Morgan fingerprint density at radius 3 is 2.18 bits per heavy atom. The van der Waals surface area contributed by atoms with E-state index in [1.165, 1.54) is 12.1 Å². The third-order valence-corrected chi connectivity index (χ3v) is 6.74. The zero-order valence-electron chi connectivity index (χ0n) is 18.9. The van der Waals surface area contributed by atoms with E-state index in [2.05, 4.69) is 5.32 Å². The van der Waals surface area contributed by atoms with Gasteiger partial charge in [-0.1, -0.05) is 36.4 Å². The van der Waals surface area contributed by atoms with Gasteiger partial charge in [-0.2, -0.15) is 0 Å². The molecule has 1 atom stereocenters. The molecule has 0 spiro atoms. The molecule has 0 bridgehead atoms. The van der Waals surface area contributed by atoms with Crippen molar-refractivity contribution < 1.29 is 22.7 Å². The average Bonchev–Trinajstić information content (AvgIpc) is 2.82. The number of hydrogen-bond acceptors (Lipinski definition) is 5. The van der Waals surface area contributed by atoms with Crippen LogP contribution in [0.3, 0.4) is 0 Å². The lowest BCUT2D eigenvalue weighted by atomic mass is 10.2. The highest BCUT2D eigenvalue weighted by atomic mass is 32.2. The second-order valence-electron chi connectivity index (χ2n) is 7.57. The number of nitrogens with one attached hydrogen (secondary N) is 1. The van der Waals surface area contributed by atoms with Gasteiger partial charge in [0, 0.05) is 0 Å². The molecule has 1 N–H and O–H groups in total. The van der Waals surface area contributed by atoms with Crippen LogP contribution in [0, 0.1) is 6.92 Å². The van der Waals surface area contributed by atoms with E-state index < -0.39 is 15.9 Å². The lowest BCUT2D eigenvalue weighted by Crippen LogP contribution is -2.45. The Bertz CT molecular complexity index is 1160.